The van der Waals surface area contributed by atoms with Gasteiger partial charge in [-0.2, -0.15) is 18.3 Å². The summed E-state index contributed by atoms with van der Waals surface area (Å²) in [7, 11) is 0. The molecule has 0 saturated heterocycles. The van der Waals surface area contributed by atoms with Crippen LogP contribution in [-0.4, -0.2) is 20.4 Å². The van der Waals surface area contributed by atoms with Gasteiger partial charge in [0, 0.05) is 10.9 Å². The first-order chi connectivity index (χ1) is 9.88. The second kappa shape index (κ2) is 4.44. The lowest BCUT2D eigenvalue weighted by Gasteiger charge is -2.11. The third kappa shape index (κ3) is 2.18. The lowest BCUT2D eigenvalue weighted by atomic mass is 10.0. The van der Waals surface area contributed by atoms with Crippen LogP contribution in [0.2, 0.25) is 0 Å². The molecule has 0 atom stereocenters. The quantitative estimate of drug-likeness (QED) is 0.723. The predicted molar refractivity (Wildman–Crippen MR) is 71.3 cm³/mol. The first-order valence-corrected chi connectivity index (χ1v) is 6.01. The third-order valence-corrected chi connectivity index (χ3v) is 3.18. The molecule has 0 aliphatic carbocycles. The standard InChI is InChI=1S/C13H10F3N5/c1-6-4-10(17)19-21-11(6)7-2-3-9(13(14,15)16)8-5-18-20-12(7)8/h2-5H,1H3,(H2,17,19)(H,18,20). The number of aromatic amines is 1. The molecule has 2 heterocycles. The van der Waals surface area contributed by atoms with Crippen LogP contribution in [0.15, 0.2) is 24.4 Å². The molecule has 0 amide bonds. The Morgan fingerprint density at radius 1 is 1.19 bits per heavy atom. The van der Waals surface area contributed by atoms with Gasteiger partial charge in [0.25, 0.3) is 0 Å². The summed E-state index contributed by atoms with van der Waals surface area (Å²) >= 11 is 0. The molecule has 0 fully saturated rings. The molecule has 0 aliphatic rings. The minimum atomic E-state index is -4.44. The number of alkyl halides is 3. The van der Waals surface area contributed by atoms with E-state index in [1.165, 1.54) is 6.07 Å². The van der Waals surface area contributed by atoms with Crippen LogP contribution in [0.5, 0.6) is 0 Å². The number of rotatable bonds is 1. The Bertz CT molecular complexity index is 822. The van der Waals surface area contributed by atoms with Crippen molar-refractivity contribution in [2.24, 2.45) is 0 Å². The Kier molecular flexibility index (Phi) is 2.82. The van der Waals surface area contributed by atoms with Crippen molar-refractivity contribution in [3.63, 3.8) is 0 Å². The zero-order valence-electron chi connectivity index (χ0n) is 10.9. The van der Waals surface area contributed by atoms with Crippen molar-refractivity contribution in [2.75, 3.05) is 5.73 Å². The number of anilines is 1. The Labute approximate surface area is 117 Å². The number of nitrogens with zero attached hydrogens (tertiary/aromatic N) is 3. The van der Waals surface area contributed by atoms with E-state index in [1.54, 1.807) is 13.0 Å². The lowest BCUT2D eigenvalue weighted by molar-refractivity contribution is -0.136. The van der Waals surface area contributed by atoms with E-state index in [2.05, 4.69) is 20.4 Å². The van der Waals surface area contributed by atoms with Crippen LogP contribution in [0.25, 0.3) is 22.2 Å². The molecule has 0 bridgehead atoms. The maximum absolute atomic E-state index is 13.0. The van der Waals surface area contributed by atoms with Crippen molar-refractivity contribution in [2.45, 2.75) is 13.1 Å². The van der Waals surface area contributed by atoms with Gasteiger partial charge in [-0.3, -0.25) is 5.10 Å². The molecule has 3 rings (SSSR count). The van der Waals surface area contributed by atoms with Crippen molar-refractivity contribution < 1.29 is 13.2 Å². The summed E-state index contributed by atoms with van der Waals surface area (Å²) < 4.78 is 38.9. The van der Waals surface area contributed by atoms with Crippen molar-refractivity contribution in [3.05, 3.63) is 35.5 Å². The normalized spacial score (nSPS) is 12.0. The molecular formula is C13H10F3N5. The van der Waals surface area contributed by atoms with E-state index in [9.17, 15) is 13.2 Å². The first-order valence-electron chi connectivity index (χ1n) is 6.01. The fraction of sp³-hybridized carbons (Fsp3) is 0.154. The Hall–Kier alpha value is -2.64. The molecule has 0 radical (unpaired) electrons. The Morgan fingerprint density at radius 3 is 2.62 bits per heavy atom. The van der Waals surface area contributed by atoms with Gasteiger partial charge in [-0.25, -0.2) is 0 Å². The van der Waals surface area contributed by atoms with Crippen molar-refractivity contribution in [1.82, 2.24) is 20.4 Å². The van der Waals surface area contributed by atoms with E-state index in [0.717, 1.165) is 17.8 Å². The average molecular weight is 293 g/mol. The zero-order valence-corrected chi connectivity index (χ0v) is 10.9. The van der Waals surface area contributed by atoms with Crippen LogP contribution in [0, 0.1) is 6.92 Å². The SMILES string of the molecule is Cc1cc(N)nnc1-c1ccc(C(F)(F)F)c2cn[nH]c12. The summed E-state index contributed by atoms with van der Waals surface area (Å²) in [6.07, 6.45) is -3.29. The number of H-pyrrole nitrogens is 1. The molecule has 3 aromatic rings. The maximum atomic E-state index is 13.0. The zero-order chi connectivity index (χ0) is 15.2. The Morgan fingerprint density at radius 2 is 1.95 bits per heavy atom. The molecule has 3 N–H and O–H groups in total. The number of halogens is 3. The average Bonchev–Trinajstić information content (AvgIpc) is 2.85. The number of benzene rings is 1. The minimum absolute atomic E-state index is 0.00183. The van der Waals surface area contributed by atoms with E-state index in [4.69, 9.17) is 5.73 Å². The molecule has 0 unspecified atom stereocenters. The van der Waals surface area contributed by atoms with Gasteiger partial charge in [0.2, 0.25) is 0 Å². The molecule has 8 heteroatoms. The van der Waals surface area contributed by atoms with E-state index < -0.39 is 11.7 Å². The summed E-state index contributed by atoms with van der Waals surface area (Å²) in [5.74, 6) is 0.254. The molecule has 2 aromatic heterocycles. The van der Waals surface area contributed by atoms with Gasteiger partial charge >= 0.3 is 6.18 Å². The molecule has 5 nitrogen and oxygen atoms in total. The Balaban J connectivity index is 2.28. The van der Waals surface area contributed by atoms with Crippen LogP contribution < -0.4 is 5.73 Å². The van der Waals surface area contributed by atoms with Gasteiger partial charge in [-0.1, -0.05) is 0 Å². The number of aromatic nitrogens is 4. The molecule has 0 saturated carbocycles. The highest BCUT2D eigenvalue weighted by Gasteiger charge is 2.33. The van der Waals surface area contributed by atoms with Crippen molar-refractivity contribution in [3.8, 4) is 11.3 Å². The van der Waals surface area contributed by atoms with Crippen LogP contribution in [0.3, 0.4) is 0 Å². The summed E-state index contributed by atoms with van der Waals surface area (Å²) in [4.78, 5) is 0. The highest BCUT2D eigenvalue weighted by atomic mass is 19.4. The first kappa shape index (κ1) is 13.3. The number of hydrogen-bond acceptors (Lipinski definition) is 4. The largest absolute Gasteiger partial charge is 0.417 e. The highest BCUT2D eigenvalue weighted by Crippen LogP contribution is 2.38. The molecule has 21 heavy (non-hydrogen) atoms. The molecule has 108 valence electrons. The second-order valence-electron chi connectivity index (χ2n) is 4.62. The van der Waals surface area contributed by atoms with Gasteiger partial charge in [-0.05, 0) is 30.7 Å². The monoisotopic (exact) mass is 293 g/mol. The smallest absolute Gasteiger partial charge is 0.382 e. The summed E-state index contributed by atoms with van der Waals surface area (Å²) in [6.45, 7) is 1.76. The van der Waals surface area contributed by atoms with Crippen molar-refractivity contribution >= 4 is 16.7 Å². The predicted octanol–water partition coefficient (Wildman–Crippen LogP) is 2.93. The lowest BCUT2D eigenvalue weighted by Crippen LogP contribution is -2.06. The number of nitrogen functional groups attached to an aromatic ring is 1. The molecule has 0 aliphatic heterocycles. The van der Waals surface area contributed by atoms with E-state index in [1.807, 2.05) is 0 Å². The van der Waals surface area contributed by atoms with Crippen LogP contribution in [0.4, 0.5) is 19.0 Å². The number of nitrogens with one attached hydrogen (secondary N) is 1. The second-order valence-corrected chi connectivity index (χ2v) is 4.62. The van der Waals surface area contributed by atoms with E-state index in [-0.39, 0.29) is 16.7 Å². The molecule has 1 aromatic carbocycles. The van der Waals surface area contributed by atoms with Gasteiger partial charge in [-0.15, -0.1) is 10.2 Å². The molecule has 0 spiro atoms. The summed E-state index contributed by atoms with van der Waals surface area (Å²) in [6, 6.07) is 3.99. The highest BCUT2D eigenvalue weighted by molar-refractivity contribution is 5.95. The van der Waals surface area contributed by atoms with Crippen molar-refractivity contribution in [1.29, 1.82) is 0 Å². The summed E-state index contributed by atoms with van der Waals surface area (Å²) in [5.41, 5.74) is 6.75. The summed E-state index contributed by atoms with van der Waals surface area (Å²) in [5, 5.41) is 14.0. The maximum Gasteiger partial charge on any atom is 0.417 e. The topological polar surface area (TPSA) is 80.5 Å². The number of nitrogens with two attached hydrogens (primary N) is 1. The van der Waals surface area contributed by atoms with Gasteiger partial charge in [0.15, 0.2) is 0 Å². The van der Waals surface area contributed by atoms with Gasteiger partial charge in [0.1, 0.15) is 5.82 Å². The van der Waals surface area contributed by atoms with Gasteiger partial charge in [0.05, 0.1) is 23.0 Å². The minimum Gasteiger partial charge on any atom is -0.382 e. The third-order valence-electron chi connectivity index (χ3n) is 3.18. The van der Waals surface area contributed by atoms with Crippen LogP contribution in [-0.2, 0) is 6.18 Å². The molecular weight excluding hydrogens is 283 g/mol. The number of aryl methyl sites for hydroxylation is 1. The van der Waals surface area contributed by atoms with Gasteiger partial charge < -0.3 is 5.73 Å². The van der Waals surface area contributed by atoms with E-state index in [0.29, 0.717) is 11.3 Å². The number of fused-ring (bicyclic) bond motifs is 1. The fourth-order valence-corrected chi connectivity index (χ4v) is 2.25. The number of hydrogen-bond donors (Lipinski definition) is 2. The van der Waals surface area contributed by atoms with Crippen LogP contribution >= 0.6 is 0 Å². The van der Waals surface area contributed by atoms with Crippen LogP contribution in [0.1, 0.15) is 11.1 Å². The van der Waals surface area contributed by atoms with E-state index >= 15 is 0 Å². The fourth-order valence-electron chi connectivity index (χ4n) is 2.25.